The van der Waals surface area contributed by atoms with E-state index in [0.29, 0.717) is 63.1 Å². The van der Waals surface area contributed by atoms with E-state index in [4.69, 9.17) is 0 Å². The fraction of sp³-hybridized carbons (Fsp3) is 0.316. The molecule has 8 rings (SSSR count). The zero-order chi connectivity index (χ0) is 35.2. The molecule has 3 N–H and O–H groups in total. The maximum absolute atomic E-state index is 14.6. The highest BCUT2D eigenvalue weighted by Gasteiger charge is 2.28. The van der Waals surface area contributed by atoms with Crippen LogP contribution in [0.25, 0.3) is 33.5 Å². The zero-order valence-electron chi connectivity index (χ0n) is 27.8. The van der Waals surface area contributed by atoms with Crippen LogP contribution in [0.15, 0.2) is 88.8 Å². The number of β-amino-alcohol motifs (C(OH)–C–C–N with tert-alkyl or cyclic N) is 1. The van der Waals surface area contributed by atoms with Gasteiger partial charge in [0, 0.05) is 50.7 Å². The molecule has 4 aromatic heterocycles. The minimum Gasteiger partial charge on any atom is -0.508 e. The molecule has 2 fully saturated rings. The third-order valence-electron chi connectivity index (χ3n) is 10.1. The molecule has 11 nitrogen and oxygen atoms in total. The number of aliphatic hydroxyl groups is 1. The summed E-state index contributed by atoms with van der Waals surface area (Å²) in [5.41, 5.74) is 3.35. The topological polar surface area (TPSA) is 130 Å². The van der Waals surface area contributed by atoms with E-state index in [2.05, 4.69) is 20.2 Å². The molecule has 2 aromatic carbocycles. The van der Waals surface area contributed by atoms with E-state index < -0.39 is 23.1 Å². The van der Waals surface area contributed by atoms with Crippen molar-refractivity contribution >= 4 is 16.7 Å². The number of rotatable bonds is 8. The smallest absolute Gasteiger partial charge is 0.337 e. The van der Waals surface area contributed by atoms with Crippen LogP contribution in [0.2, 0.25) is 0 Å². The summed E-state index contributed by atoms with van der Waals surface area (Å²) in [7, 11) is 0. The van der Waals surface area contributed by atoms with Gasteiger partial charge in [-0.05, 0) is 91.3 Å². The number of nitrogens with one attached hydrogen (secondary N) is 1. The summed E-state index contributed by atoms with van der Waals surface area (Å²) < 4.78 is 32.5. The molecule has 5 heterocycles. The summed E-state index contributed by atoms with van der Waals surface area (Å²) in [6.07, 6.45) is 6.99. The second-order valence-corrected chi connectivity index (χ2v) is 13.6. The Morgan fingerprint density at radius 2 is 1.76 bits per heavy atom. The van der Waals surface area contributed by atoms with Crippen molar-refractivity contribution in [3.05, 3.63) is 123 Å². The van der Waals surface area contributed by atoms with Crippen LogP contribution in [0.3, 0.4) is 0 Å². The Morgan fingerprint density at radius 3 is 2.57 bits per heavy atom. The average Bonchev–Trinajstić information content (AvgIpc) is 3.73. The number of benzene rings is 2. The molecule has 51 heavy (non-hydrogen) atoms. The van der Waals surface area contributed by atoms with Crippen molar-refractivity contribution in [2.75, 3.05) is 13.1 Å². The largest absolute Gasteiger partial charge is 0.508 e. The van der Waals surface area contributed by atoms with Crippen LogP contribution >= 0.6 is 0 Å². The first-order valence-electron chi connectivity index (χ1n) is 17.2. The van der Waals surface area contributed by atoms with E-state index in [1.54, 1.807) is 34.9 Å². The van der Waals surface area contributed by atoms with E-state index in [-0.39, 0.29) is 34.7 Å². The van der Waals surface area contributed by atoms with Gasteiger partial charge in [-0.2, -0.15) is 0 Å². The number of fused-ring (bicyclic) bond motifs is 2. The lowest BCUT2D eigenvalue weighted by Gasteiger charge is -2.30. The molecule has 1 saturated heterocycles. The summed E-state index contributed by atoms with van der Waals surface area (Å²) in [6.45, 7) is 2.30. The van der Waals surface area contributed by atoms with Gasteiger partial charge < -0.3 is 19.9 Å². The van der Waals surface area contributed by atoms with Gasteiger partial charge in [-0.3, -0.25) is 14.3 Å². The normalized spacial score (nSPS) is 19.7. The van der Waals surface area contributed by atoms with E-state index in [9.17, 15) is 28.6 Å². The van der Waals surface area contributed by atoms with E-state index in [1.807, 2.05) is 24.3 Å². The first-order valence-corrected chi connectivity index (χ1v) is 17.2. The van der Waals surface area contributed by atoms with Gasteiger partial charge in [0.2, 0.25) is 0 Å². The Hall–Kier alpha value is -5.24. The summed E-state index contributed by atoms with van der Waals surface area (Å²) >= 11 is 0. The Bertz CT molecular complexity index is 2380. The number of halogens is 2. The third kappa shape index (κ3) is 6.55. The van der Waals surface area contributed by atoms with Gasteiger partial charge in [0.25, 0.3) is 5.56 Å². The number of phenols is 1. The van der Waals surface area contributed by atoms with Gasteiger partial charge in [0.05, 0.1) is 29.1 Å². The lowest BCUT2D eigenvalue weighted by molar-refractivity contribution is 0.175. The van der Waals surface area contributed by atoms with Crippen molar-refractivity contribution in [2.45, 2.75) is 63.4 Å². The first-order chi connectivity index (χ1) is 24.7. The van der Waals surface area contributed by atoms with Crippen LogP contribution in [0.1, 0.15) is 49.4 Å². The number of hydrogen-bond acceptors (Lipinski definition) is 8. The van der Waals surface area contributed by atoms with E-state index >= 15 is 0 Å². The van der Waals surface area contributed by atoms with Crippen LogP contribution in [-0.4, -0.2) is 63.9 Å². The number of pyridine rings is 2. The van der Waals surface area contributed by atoms with Crippen molar-refractivity contribution in [1.29, 1.82) is 0 Å². The minimum atomic E-state index is -0.673. The summed E-state index contributed by atoms with van der Waals surface area (Å²) in [5.74, 6) is -0.885. The molecular weight excluding hydrogens is 656 g/mol. The molecule has 0 radical (unpaired) electrons. The highest BCUT2D eigenvalue weighted by atomic mass is 19.1. The summed E-state index contributed by atoms with van der Waals surface area (Å²) in [6, 6.07) is 16.3. The fourth-order valence-electron chi connectivity index (χ4n) is 7.63. The predicted octanol–water partition coefficient (Wildman–Crippen LogP) is 4.69. The van der Waals surface area contributed by atoms with E-state index in [0.717, 1.165) is 41.2 Å². The third-order valence-corrected chi connectivity index (χ3v) is 10.1. The number of likely N-dealkylation sites (tertiary alicyclic amines) is 1. The van der Waals surface area contributed by atoms with Crippen LogP contribution in [0.5, 0.6) is 5.75 Å². The molecule has 0 unspecified atom stereocenters. The zero-order valence-corrected chi connectivity index (χ0v) is 27.8. The van der Waals surface area contributed by atoms with Crippen molar-refractivity contribution < 1.29 is 19.0 Å². The number of phenolic OH excluding ortho intramolecular Hbond substituents is 1. The van der Waals surface area contributed by atoms with E-state index in [1.165, 1.54) is 21.4 Å². The first kappa shape index (κ1) is 32.9. The minimum absolute atomic E-state index is 0.0152. The fourth-order valence-corrected chi connectivity index (χ4v) is 7.63. The summed E-state index contributed by atoms with van der Waals surface area (Å²) in [4.78, 5) is 39.2. The highest BCUT2D eigenvalue weighted by molar-refractivity contribution is 5.77. The maximum Gasteiger partial charge on any atom is 0.337 e. The molecule has 1 saturated carbocycles. The van der Waals surface area contributed by atoms with Gasteiger partial charge >= 0.3 is 5.69 Å². The van der Waals surface area contributed by atoms with Crippen LogP contribution in [0.4, 0.5) is 8.78 Å². The Kier molecular flexibility index (Phi) is 8.70. The van der Waals surface area contributed by atoms with Crippen molar-refractivity contribution in [3.63, 3.8) is 0 Å². The molecule has 1 aliphatic carbocycles. The number of imidazole rings is 1. The van der Waals surface area contributed by atoms with Gasteiger partial charge in [0.15, 0.2) is 5.65 Å². The van der Waals surface area contributed by atoms with Gasteiger partial charge in [-0.1, -0.05) is 18.2 Å². The SMILES string of the molecule is O=c1c2cc(F)cnc2n(-c2cccc(-c3ccc(O)cc3CN3CC[C@H](O)C3)c2)c(=O)n1C1CCC(NCc2cn3cc(F)ccc3n2)CC1. The molecule has 6 aromatic rings. The van der Waals surface area contributed by atoms with Gasteiger partial charge in [-0.15, -0.1) is 0 Å². The second-order valence-electron chi connectivity index (χ2n) is 13.6. The molecule has 2 aliphatic rings. The monoisotopic (exact) mass is 693 g/mol. The van der Waals surface area contributed by atoms with Crippen molar-refractivity contribution in [3.8, 4) is 22.6 Å². The standard InChI is InChI=1S/C38H37F2N7O4/c39-25-4-11-35-43-28(21-45(35)20-25)18-41-27-5-7-29(8-6-27)47-37(50)34-16-26(40)17-42-36(34)46(38(47)51)30-3-1-2-23(14-30)33-10-9-31(48)15-24(33)19-44-13-12-32(49)22-44/h1-4,9-11,14-17,20-21,27,29,32,41,48-49H,5-8,12-13,18-19,22H2/t27?,29?,32-/m0/s1. The second kappa shape index (κ2) is 13.5. The molecule has 0 bridgehead atoms. The number of aromatic nitrogens is 5. The molecule has 13 heteroatoms. The summed E-state index contributed by atoms with van der Waals surface area (Å²) in [5, 5.41) is 23.9. The quantitative estimate of drug-likeness (QED) is 0.210. The maximum atomic E-state index is 14.6. The molecule has 1 atom stereocenters. The Labute approximate surface area is 291 Å². The molecule has 0 amide bonds. The van der Waals surface area contributed by atoms with Gasteiger partial charge in [0.1, 0.15) is 23.0 Å². The molecule has 1 aliphatic heterocycles. The molecule has 262 valence electrons. The van der Waals surface area contributed by atoms with Crippen molar-refractivity contribution in [2.24, 2.45) is 0 Å². The Morgan fingerprint density at radius 1 is 0.922 bits per heavy atom. The lowest BCUT2D eigenvalue weighted by atomic mass is 9.91. The number of hydrogen-bond donors (Lipinski definition) is 3. The van der Waals surface area contributed by atoms with Crippen LogP contribution in [-0.2, 0) is 13.1 Å². The molecule has 0 spiro atoms. The number of nitrogens with zero attached hydrogens (tertiary/aromatic N) is 6. The highest BCUT2D eigenvalue weighted by Crippen LogP contribution is 2.32. The Balaban J connectivity index is 1.09. The average molecular weight is 694 g/mol. The lowest BCUT2D eigenvalue weighted by Crippen LogP contribution is -2.44. The number of aromatic hydroxyl groups is 1. The van der Waals surface area contributed by atoms with Crippen LogP contribution < -0.4 is 16.6 Å². The van der Waals surface area contributed by atoms with Crippen molar-refractivity contribution in [1.82, 2.24) is 33.7 Å². The molecular formula is C38H37F2N7O4. The number of aliphatic hydroxyl groups excluding tert-OH is 1. The van der Waals surface area contributed by atoms with Crippen LogP contribution in [0, 0.1) is 11.6 Å². The predicted molar refractivity (Wildman–Crippen MR) is 188 cm³/mol. The van der Waals surface area contributed by atoms with Gasteiger partial charge in [-0.25, -0.2) is 28.1 Å².